The van der Waals surface area contributed by atoms with Gasteiger partial charge < -0.3 is 16.0 Å². The number of nitrogens with one attached hydrogen (secondary N) is 3. The lowest BCUT2D eigenvalue weighted by atomic mass is 10.2. The lowest BCUT2D eigenvalue weighted by Gasteiger charge is -2.08. The number of hydrogen-bond acceptors (Lipinski definition) is 5. The summed E-state index contributed by atoms with van der Waals surface area (Å²) in [4.78, 5) is 31.2. The van der Waals surface area contributed by atoms with Gasteiger partial charge in [0.25, 0.3) is 5.91 Å². The lowest BCUT2D eigenvalue weighted by Crippen LogP contribution is -2.25. The molecule has 0 saturated heterocycles. The Balaban J connectivity index is 1.65. The number of benzene rings is 1. The molecule has 2 amide bonds. The monoisotopic (exact) mass is 311 g/mol. The predicted octanol–water partition coefficient (Wildman–Crippen LogP) is 2.07. The van der Waals surface area contributed by atoms with Crippen molar-refractivity contribution >= 4 is 29.1 Å². The van der Waals surface area contributed by atoms with Gasteiger partial charge in [0.05, 0.1) is 5.56 Å². The molecule has 0 spiro atoms. The molecule has 23 heavy (non-hydrogen) atoms. The van der Waals surface area contributed by atoms with Crippen LogP contribution in [0.2, 0.25) is 0 Å². The molecule has 7 heteroatoms. The molecule has 0 aliphatic heterocycles. The summed E-state index contributed by atoms with van der Waals surface area (Å²) >= 11 is 0. The zero-order chi connectivity index (χ0) is 16.2. The highest BCUT2D eigenvalue weighted by atomic mass is 16.2. The van der Waals surface area contributed by atoms with E-state index in [1.807, 2.05) is 12.1 Å². The molecular formula is C16H17N5O2. The first-order valence-corrected chi connectivity index (χ1v) is 7.38. The number of carbonyl (C=O) groups is 2. The highest BCUT2D eigenvalue weighted by molar-refractivity contribution is 5.94. The zero-order valence-electron chi connectivity index (χ0n) is 12.7. The van der Waals surface area contributed by atoms with Gasteiger partial charge >= 0.3 is 0 Å². The van der Waals surface area contributed by atoms with E-state index in [1.54, 1.807) is 12.1 Å². The minimum atomic E-state index is -0.147. The van der Waals surface area contributed by atoms with E-state index in [1.165, 1.54) is 19.3 Å². The third-order valence-corrected chi connectivity index (χ3v) is 3.27. The van der Waals surface area contributed by atoms with Crippen LogP contribution < -0.4 is 16.0 Å². The molecule has 1 aromatic carbocycles. The minimum absolute atomic E-state index is 0.135. The van der Waals surface area contributed by atoms with Crippen LogP contribution in [-0.2, 0) is 4.79 Å². The van der Waals surface area contributed by atoms with Gasteiger partial charge in [-0.15, -0.1) is 0 Å². The number of rotatable bonds is 5. The van der Waals surface area contributed by atoms with Crippen LogP contribution in [0.4, 0.5) is 17.3 Å². The smallest absolute Gasteiger partial charge is 0.254 e. The van der Waals surface area contributed by atoms with Crippen molar-refractivity contribution in [2.45, 2.75) is 25.8 Å². The minimum Gasteiger partial charge on any atom is -0.349 e. The quantitative estimate of drug-likeness (QED) is 0.785. The lowest BCUT2D eigenvalue weighted by molar-refractivity contribution is -0.114. The zero-order valence-corrected chi connectivity index (χ0v) is 12.7. The predicted molar refractivity (Wildman–Crippen MR) is 86.5 cm³/mol. The fraction of sp³-hybridized carbons (Fsp3) is 0.250. The van der Waals surface area contributed by atoms with Crippen LogP contribution in [0, 0.1) is 0 Å². The molecule has 118 valence electrons. The molecule has 1 aliphatic rings. The summed E-state index contributed by atoms with van der Waals surface area (Å²) in [6.07, 6.45) is 5.06. The van der Waals surface area contributed by atoms with Gasteiger partial charge in [-0.3, -0.25) is 9.59 Å². The van der Waals surface area contributed by atoms with E-state index in [9.17, 15) is 9.59 Å². The van der Waals surface area contributed by atoms with Gasteiger partial charge in [-0.05, 0) is 31.0 Å². The average Bonchev–Trinajstić information content (AvgIpc) is 3.31. The number of carbonyl (C=O) groups excluding carboxylic acids is 2. The molecule has 1 saturated carbocycles. The second-order valence-corrected chi connectivity index (χ2v) is 5.43. The van der Waals surface area contributed by atoms with Crippen molar-refractivity contribution in [2.24, 2.45) is 0 Å². The standard InChI is InChI=1S/C16H17N5O2/c1-10(22)19-13-3-2-4-14(7-13)21-16-17-8-11(9-18-16)15(23)20-12-5-6-12/h2-4,7-9,12H,5-6H2,1H3,(H,19,22)(H,20,23)(H,17,18,21). The number of amides is 2. The van der Waals surface area contributed by atoms with E-state index >= 15 is 0 Å². The second-order valence-electron chi connectivity index (χ2n) is 5.43. The fourth-order valence-electron chi connectivity index (χ4n) is 2.01. The van der Waals surface area contributed by atoms with E-state index in [4.69, 9.17) is 0 Å². The fourth-order valence-corrected chi connectivity index (χ4v) is 2.01. The number of hydrogen-bond donors (Lipinski definition) is 3. The normalized spacial score (nSPS) is 13.3. The Morgan fingerprint density at radius 2 is 1.83 bits per heavy atom. The van der Waals surface area contributed by atoms with Crippen LogP contribution in [0.1, 0.15) is 30.1 Å². The molecule has 3 rings (SSSR count). The maximum atomic E-state index is 11.9. The van der Waals surface area contributed by atoms with Gasteiger partial charge in [0, 0.05) is 36.7 Å². The van der Waals surface area contributed by atoms with E-state index in [0.29, 0.717) is 23.2 Å². The molecule has 7 nitrogen and oxygen atoms in total. The van der Waals surface area contributed by atoms with E-state index in [0.717, 1.165) is 18.5 Å². The van der Waals surface area contributed by atoms with Crippen molar-refractivity contribution < 1.29 is 9.59 Å². The van der Waals surface area contributed by atoms with Crippen molar-refractivity contribution in [3.05, 3.63) is 42.2 Å². The summed E-state index contributed by atoms with van der Waals surface area (Å²) in [7, 11) is 0. The van der Waals surface area contributed by atoms with Crippen LogP contribution in [0.25, 0.3) is 0 Å². The first kappa shape index (κ1) is 15.0. The second kappa shape index (κ2) is 6.43. The molecule has 1 fully saturated rings. The van der Waals surface area contributed by atoms with E-state index in [2.05, 4.69) is 25.9 Å². The molecule has 3 N–H and O–H groups in total. The largest absolute Gasteiger partial charge is 0.349 e. The summed E-state index contributed by atoms with van der Waals surface area (Å²) in [5, 5.41) is 8.62. The summed E-state index contributed by atoms with van der Waals surface area (Å²) in [6, 6.07) is 7.52. The molecule has 0 radical (unpaired) electrons. The molecule has 0 atom stereocenters. The molecule has 0 bridgehead atoms. The third kappa shape index (κ3) is 4.26. The van der Waals surface area contributed by atoms with Gasteiger partial charge in [0.2, 0.25) is 11.9 Å². The summed E-state index contributed by atoms with van der Waals surface area (Å²) in [6.45, 7) is 1.45. The number of nitrogens with zero attached hydrogens (tertiary/aromatic N) is 2. The van der Waals surface area contributed by atoms with Crippen molar-refractivity contribution in [3.63, 3.8) is 0 Å². The van der Waals surface area contributed by atoms with Gasteiger partial charge in [0.15, 0.2) is 0 Å². The topological polar surface area (TPSA) is 96.0 Å². The van der Waals surface area contributed by atoms with Crippen LogP contribution in [0.5, 0.6) is 0 Å². The SMILES string of the molecule is CC(=O)Nc1cccc(Nc2ncc(C(=O)NC3CC3)cn2)c1. The third-order valence-electron chi connectivity index (χ3n) is 3.27. The molecule has 1 heterocycles. The highest BCUT2D eigenvalue weighted by Crippen LogP contribution is 2.20. The maximum Gasteiger partial charge on any atom is 0.254 e. The Morgan fingerprint density at radius 1 is 1.13 bits per heavy atom. The molecule has 0 unspecified atom stereocenters. The summed E-state index contributed by atoms with van der Waals surface area (Å²) < 4.78 is 0. The van der Waals surface area contributed by atoms with Gasteiger partial charge in [-0.2, -0.15) is 0 Å². The summed E-state index contributed by atoms with van der Waals surface area (Å²) in [5.74, 6) is 0.101. The summed E-state index contributed by atoms with van der Waals surface area (Å²) in [5.41, 5.74) is 1.86. The van der Waals surface area contributed by atoms with Crippen molar-refractivity contribution in [1.82, 2.24) is 15.3 Å². The molecule has 2 aromatic rings. The Hall–Kier alpha value is -2.96. The number of aromatic nitrogens is 2. The van der Waals surface area contributed by atoms with E-state index in [-0.39, 0.29) is 11.8 Å². The Morgan fingerprint density at radius 3 is 2.48 bits per heavy atom. The molecule has 1 aliphatic carbocycles. The van der Waals surface area contributed by atoms with Crippen molar-refractivity contribution in [3.8, 4) is 0 Å². The Labute approximate surface area is 133 Å². The Bertz CT molecular complexity index is 726. The van der Waals surface area contributed by atoms with Crippen molar-refractivity contribution in [1.29, 1.82) is 0 Å². The first-order valence-electron chi connectivity index (χ1n) is 7.38. The average molecular weight is 311 g/mol. The van der Waals surface area contributed by atoms with E-state index < -0.39 is 0 Å². The number of anilines is 3. The van der Waals surface area contributed by atoms with Crippen LogP contribution >= 0.6 is 0 Å². The van der Waals surface area contributed by atoms with Crippen LogP contribution in [0.3, 0.4) is 0 Å². The van der Waals surface area contributed by atoms with Crippen LogP contribution in [-0.4, -0.2) is 27.8 Å². The molecule has 1 aromatic heterocycles. The van der Waals surface area contributed by atoms with Gasteiger partial charge in [0.1, 0.15) is 0 Å². The van der Waals surface area contributed by atoms with Crippen LogP contribution in [0.15, 0.2) is 36.7 Å². The maximum absolute atomic E-state index is 11.9. The van der Waals surface area contributed by atoms with Crippen molar-refractivity contribution in [2.75, 3.05) is 10.6 Å². The van der Waals surface area contributed by atoms with Gasteiger partial charge in [-0.1, -0.05) is 6.07 Å². The first-order chi connectivity index (χ1) is 11.1. The van der Waals surface area contributed by atoms with Gasteiger partial charge in [-0.25, -0.2) is 9.97 Å². The molecular weight excluding hydrogens is 294 g/mol. The Kier molecular flexibility index (Phi) is 4.18. The highest BCUT2D eigenvalue weighted by Gasteiger charge is 2.23.